The Kier molecular flexibility index (Phi) is 2.80. The lowest BCUT2D eigenvalue weighted by atomic mass is 9.60. The van der Waals surface area contributed by atoms with Crippen LogP contribution in [0.3, 0.4) is 0 Å². The fourth-order valence-corrected chi connectivity index (χ4v) is 3.71. The number of carbonyl (C=O) groups is 1. The molecule has 0 spiro atoms. The summed E-state index contributed by atoms with van der Waals surface area (Å²) in [6, 6.07) is 0. The number of carboxylic acid groups (broad SMARTS) is 1. The van der Waals surface area contributed by atoms with Crippen LogP contribution >= 0.6 is 0 Å². The van der Waals surface area contributed by atoms with Crippen LogP contribution in [0, 0.1) is 23.7 Å². The Balaban J connectivity index is 2.11. The van der Waals surface area contributed by atoms with Gasteiger partial charge in [-0.3, -0.25) is 4.79 Å². The van der Waals surface area contributed by atoms with Gasteiger partial charge in [0.15, 0.2) is 0 Å². The van der Waals surface area contributed by atoms with Gasteiger partial charge in [0.1, 0.15) is 0 Å². The summed E-state index contributed by atoms with van der Waals surface area (Å²) in [5, 5.41) is 9.09. The van der Waals surface area contributed by atoms with E-state index in [4.69, 9.17) is 5.11 Å². The minimum absolute atomic E-state index is 0.120. The monoisotopic (exact) mass is 196 g/mol. The van der Waals surface area contributed by atoms with Gasteiger partial charge in [-0.15, -0.1) is 0 Å². The van der Waals surface area contributed by atoms with Gasteiger partial charge in [-0.2, -0.15) is 0 Å². The maximum absolute atomic E-state index is 11.0. The number of carboxylic acids is 1. The number of rotatable bonds is 2. The molecule has 0 amide bonds. The highest BCUT2D eigenvalue weighted by Gasteiger charge is 2.41. The molecule has 1 unspecified atom stereocenters. The molecule has 2 aliphatic carbocycles. The van der Waals surface area contributed by atoms with Crippen molar-refractivity contribution in [2.45, 2.75) is 45.4 Å². The summed E-state index contributed by atoms with van der Waals surface area (Å²) in [6.07, 6.45) is 7.77. The summed E-state index contributed by atoms with van der Waals surface area (Å²) >= 11 is 0. The predicted molar refractivity (Wildman–Crippen MR) is 55.0 cm³/mol. The van der Waals surface area contributed by atoms with Crippen molar-refractivity contribution in [1.29, 1.82) is 0 Å². The zero-order valence-corrected chi connectivity index (χ0v) is 8.91. The SMILES string of the molecule is CC(C(=O)O)C1C2CCCC1CCC2. The molecule has 0 aromatic rings. The number of fused-ring (bicyclic) bond motifs is 2. The molecule has 2 aliphatic rings. The molecular formula is C12H20O2. The van der Waals surface area contributed by atoms with Gasteiger partial charge in [-0.25, -0.2) is 0 Å². The van der Waals surface area contributed by atoms with Gasteiger partial charge in [-0.05, 0) is 17.8 Å². The van der Waals surface area contributed by atoms with E-state index in [1.807, 2.05) is 6.92 Å². The maximum Gasteiger partial charge on any atom is 0.306 e. The summed E-state index contributed by atoms with van der Waals surface area (Å²) in [7, 11) is 0. The summed E-state index contributed by atoms with van der Waals surface area (Å²) in [6.45, 7) is 1.91. The van der Waals surface area contributed by atoms with E-state index in [9.17, 15) is 4.79 Å². The average Bonchev–Trinajstić information content (AvgIpc) is 2.15. The van der Waals surface area contributed by atoms with Gasteiger partial charge in [0.2, 0.25) is 0 Å². The molecular weight excluding hydrogens is 176 g/mol. The largest absolute Gasteiger partial charge is 0.481 e. The molecule has 0 aliphatic heterocycles. The number of hydrogen-bond donors (Lipinski definition) is 1. The molecule has 0 aromatic carbocycles. The fourth-order valence-electron chi connectivity index (χ4n) is 3.71. The number of aliphatic carboxylic acids is 1. The molecule has 2 bridgehead atoms. The van der Waals surface area contributed by atoms with E-state index in [0.717, 1.165) is 0 Å². The van der Waals surface area contributed by atoms with Crippen molar-refractivity contribution in [3.05, 3.63) is 0 Å². The molecule has 2 fully saturated rings. The standard InChI is InChI=1S/C12H20O2/c1-8(12(13)14)11-9-4-2-5-10(11)7-3-6-9/h8-11H,2-7H2,1H3,(H,13,14). The zero-order chi connectivity index (χ0) is 10.1. The van der Waals surface area contributed by atoms with E-state index in [2.05, 4.69) is 0 Å². The molecule has 2 nitrogen and oxygen atoms in total. The van der Waals surface area contributed by atoms with Gasteiger partial charge in [0, 0.05) is 0 Å². The molecule has 0 saturated heterocycles. The second-order valence-corrected chi connectivity index (χ2v) is 5.09. The summed E-state index contributed by atoms with van der Waals surface area (Å²) in [4.78, 5) is 11.0. The van der Waals surface area contributed by atoms with E-state index < -0.39 is 5.97 Å². The van der Waals surface area contributed by atoms with Crippen LogP contribution in [0.2, 0.25) is 0 Å². The summed E-state index contributed by atoms with van der Waals surface area (Å²) in [5.41, 5.74) is 0. The summed E-state index contributed by atoms with van der Waals surface area (Å²) in [5.74, 6) is 1.21. The molecule has 1 atom stereocenters. The molecule has 14 heavy (non-hydrogen) atoms. The molecule has 0 radical (unpaired) electrons. The van der Waals surface area contributed by atoms with E-state index in [1.54, 1.807) is 0 Å². The first-order chi connectivity index (χ1) is 6.70. The van der Waals surface area contributed by atoms with Crippen LogP contribution in [0.5, 0.6) is 0 Å². The Labute approximate surface area is 85.7 Å². The summed E-state index contributed by atoms with van der Waals surface area (Å²) < 4.78 is 0. The zero-order valence-electron chi connectivity index (χ0n) is 8.91. The van der Waals surface area contributed by atoms with E-state index in [1.165, 1.54) is 38.5 Å². The highest BCUT2D eigenvalue weighted by atomic mass is 16.4. The van der Waals surface area contributed by atoms with Crippen LogP contribution in [0.4, 0.5) is 0 Å². The Morgan fingerprint density at radius 3 is 1.93 bits per heavy atom. The third-order valence-electron chi connectivity index (χ3n) is 4.36. The average molecular weight is 196 g/mol. The quantitative estimate of drug-likeness (QED) is 0.737. The van der Waals surface area contributed by atoms with Gasteiger partial charge in [0.05, 0.1) is 5.92 Å². The van der Waals surface area contributed by atoms with E-state index >= 15 is 0 Å². The van der Waals surface area contributed by atoms with Crippen LogP contribution < -0.4 is 0 Å². The van der Waals surface area contributed by atoms with Crippen molar-refractivity contribution in [2.75, 3.05) is 0 Å². The first-order valence-corrected chi connectivity index (χ1v) is 5.93. The second-order valence-electron chi connectivity index (χ2n) is 5.09. The van der Waals surface area contributed by atoms with Crippen molar-refractivity contribution < 1.29 is 9.90 Å². The third kappa shape index (κ3) is 1.67. The molecule has 2 heteroatoms. The van der Waals surface area contributed by atoms with Crippen LogP contribution in [0.15, 0.2) is 0 Å². The first-order valence-electron chi connectivity index (χ1n) is 5.93. The Morgan fingerprint density at radius 1 is 1.14 bits per heavy atom. The van der Waals surface area contributed by atoms with Crippen molar-refractivity contribution >= 4 is 5.97 Å². The fraction of sp³-hybridized carbons (Fsp3) is 0.917. The highest BCUT2D eigenvalue weighted by Crippen LogP contribution is 2.47. The third-order valence-corrected chi connectivity index (χ3v) is 4.36. The molecule has 0 aromatic heterocycles. The van der Waals surface area contributed by atoms with E-state index in [-0.39, 0.29) is 5.92 Å². The van der Waals surface area contributed by atoms with Crippen LogP contribution in [0.1, 0.15) is 45.4 Å². The van der Waals surface area contributed by atoms with E-state index in [0.29, 0.717) is 17.8 Å². The highest BCUT2D eigenvalue weighted by molar-refractivity contribution is 5.70. The van der Waals surface area contributed by atoms with Crippen molar-refractivity contribution in [2.24, 2.45) is 23.7 Å². The van der Waals surface area contributed by atoms with Crippen molar-refractivity contribution in [3.8, 4) is 0 Å². The lowest BCUT2D eigenvalue weighted by Gasteiger charge is -2.44. The molecule has 2 saturated carbocycles. The maximum atomic E-state index is 11.0. The Bertz CT molecular complexity index is 202. The minimum atomic E-state index is -0.589. The van der Waals surface area contributed by atoms with Gasteiger partial charge in [0.25, 0.3) is 0 Å². The molecule has 1 N–H and O–H groups in total. The molecule has 80 valence electrons. The van der Waals surface area contributed by atoms with Crippen LogP contribution in [-0.4, -0.2) is 11.1 Å². The Hall–Kier alpha value is -0.530. The van der Waals surface area contributed by atoms with Crippen molar-refractivity contribution in [3.63, 3.8) is 0 Å². The van der Waals surface area contributed by atoms with Gasteiger partial charge in [-0.1, -0.05) is 45.4 Å². The van der Waals surface area contributed by atoms with Gasteiger partial charge >= 0.3 is 5.97 Å². The number of hydrogen-bond acceptors (Lipinski definition) is 1. The van der Waals surface area contributed by atoms with Gasteiger partial charge < -0.3 is 5.11 Å². The molecule has 2 rings (SSSR count). The van der Waals surface area contributed by atoms with Crippen LogP contribution in [0.25, 0.3) is 0 Å². The lowest BCUT2D eigenvalue weighted by Crippen LogP contribution is -2.39. The normalized spacial score (nSPS) is 39.1. The lowest BCUT2D eigenvalue weighted by molar-refractivity contribution is -0.146. The first kappa shape index (κ1) is 10.0. The minimum Gasteiger partial charge on any atom is -0.481 e. The smallest absolute Gasteiger partial charge is 0.306 e. The topological polar surface area (TPSA) is 37.3 Å². The Morgan fingerprint density at radius 2 is 1.57 bits per heavy atom. The predicted octanol–water partition coefficient (Wildman–Crippen LogP) is 2.92. The molecule has 0 heterocycles. The van der Waals surface area contributed by atoms with Crippen molar-refractivity contribution in [1.82, 2.24) is 0 Å². The second kappa shape index (κ2) is 3.92. The van der Waals surface area contributed by atoms with Crippen LogP contribution in [-0.2, 0) is 4.79 Å².